The van der Waals surface area contributed by atoms with Crippen LogP contribution in [-0.4, -0.2) is 49.7 Å². The fraction of sp³-hybridized carbons (Fsp3) is 0.579. The van der Waals surface area contributed by atoms with E-state index in [0.29, 0.717) is 24.4 Å². The lowest BCUT2D eigenvalue weighted by Crippen LogP contribution is -2.35. The Morgan fingerprint density at radius 2 is 2.04 bits per heavy atom. The van der Waals surface area contributed by atoms with E-state index < -0.39 is 6.09 Å². The average Bonchev–Trinajstić information content (AvgIpc) is 2.60. The van der Waals surface area contributed by atoms with Crippen molar-refractivity contribution in [3.8, 4) is 0 Å². The first-order chi connectivity index (χ1) is 12.1. The van der Waals surface area contributed by atoms with E-state index in [4.69, 9.17) is 4.74 Å². The number of carbonyl (C=O) groups excluding carboxylic acids is 2. The Balaban J connectivity index is 1.72. The number of nitrogens with zero attached hydrogens (tertiary/aromatic N) is 1. The van der Waals surface area contributed by atoms with Gasteiger partial charge in [-0.15, -0.1) is 0 Å². The van der Waals surface area contributed by atoms with Crippen LogP contribution in [0.25, 0.3) is 0 Å². The van der Waals surface area contributed by atoms with Crippen LogP contribution in [0.1, 0.15) is 43.5 Å². The summed E-state index contributed by atoms with van der Waals surface area (Å²) in [5.74, 6) is 0.714. The molecule has 6 nitrogen and oxygen atoms in total. The number of anilines is 1. The lowest BCUT2D eigenvalue weighted by Gasteiger charge is -2.30. The van der Waals surface area contributed by atoms with E-state index in [2.05, 4.69) is 22.5 Å². The summed E-state index contributed by atoms with van der Waals surface area (Å²) in [6.07, 6.45) is 2.97. The monoisotopic (exact) mass is 347 g/mol. The molecule has 0 aromatic heterocycles. The third-order valence-electron chi connectivity index (χ3n) is 4.46. The smallest absolute Gasteiger partial charge is 0.411 e. The highest BCUT2D eigenvalue weighted by molar-refractivity contribution is 5.96. The number of likely N-dealkylation sites (tertiary alicyclic amines) is 1. The van der Waals surface area contributed by atoms with Gasteiger partial charge in [0.1, 0.15) is 0 Å². The van der Waals surface area contributed by atoms with Gasteiger partial charge in [0, 0.05) is 17.8 Å². The lowest BCUT2D eigenvalue weighted by molar-refractivity contribution is 0.0950. The molecule has 138 valence electrons. The van der Waals surface area contributed by atoms with Crippen LogP contribution in [0, 0.1) is 5.92 Å². The third-order valence-corrected chi connectivity index (χ3v) is 4.46. The molecule has 6 heteroatoms. The van der Waals surface area contributed by atoms with Crippen molar-refractivity contribution in [2.24, 2.45) is 5.92 Å². The van der Waals surface area contributed by atoms with Crippen LogP contribution in [0.4, 0.5) is 10.5 Å². The Hall–Kier alpha value is -2.08. The number of carbonyl (C=O) groups is 2. The van der Waals surface area contributed by atoms with Crippen molar-refractivity contribution in [3.05, 3.63) is 29.8 Å². The molecule has 0 aliphatic carbocycles. The topological polar surface area (TPSA) is 70.7 Å². The molecule has 0 radical (unpaired) electrons. The van der Waals surface area contributed by atoms with E-state index in [9.17, 15) is 9.59 Å². The summed E-state index contributed by atoms with van der Waals surface area (Å²) in [4.78, 5) is 26.1. The number of amides is 2. The lowest BCUT2D eigenvalue weighted by atomic mass is 9.99. The zero-order chi connectivity index (χ0) is 18.1. The van der Waals surface area contributed by atoms with Gasteiger partial charge < -0.3 is 15.0 Å². The van der Waals surface area contributed by atoms with Crippen LogP contribution in [0.15, 0.2) is 24.3 Å². The second-order valence-electron chi connectivity index (χ2n) is 6.56. The minimum absolute atomic E-state index is 0.125. The molecule has 1 aromatic carbocycles. The van der Waals surface area contributed by atoms with Gasteiger partial charge in [-0.25, -0.2) is 4.79 Å². The number of hydrogen-bond acceptors (Lipinski definition) is 4. The molecule has 2 amide bonds. The molecule has 2 N–H and O–H groups in total. The molecule has 2 rings (SSSR count). The highest BCUT2D eigenvalue weighted by atomic mass is 16.5. The number of hydrogen-bond donors (Lipinski definition) is 2. The summed E-state index contributed by atoms with van der Waals surface area (Å²) < 4.78 is 4.83. The van der Waals surface area contributed by atoms with Gasteiger partial charge in [0.25, 0.3) is 5.91 Å². The van der Waals surface area contributed by atoms with Crippen molar-refractivity contribution in [1.29, 1.82) is 0 Å². The molecule has 1 heterocycles. The van der Waals surface area contributed by atoms with Crippen molar-refractivity contribution in [1.82, 2.24) is 10.2 Å². The van der Waals surface area contributed by atoms with Crippen molar-refractivity contribution < 1.29 is 14.3 Å². The molecule has 0 spiro atoms. The summed E-state index contributed by atoms with van der Waals surface area (Å²) in [6.45, 7) is 8.36. The molecule has 0 unspecified atom stereocenters. The Morgan fingerprint density at radius 1 is 1.28 bits per heavy atom. The predicted octanol–water partition coefficient (Wildman–Crippen LogP) is 3.11. The fourth-order valence-corrected chi connectivity index (χ4v) is 2.92. The molecule has 1 aromatic rings. The molecule has 1 saturated heterocycles. The zero-order valence-corrected chi connectivity index (χ0v) is 15.2. The highest BCUT2D eigenvalue weighted by Gasteiger charge is 2.15. The van der Waals surface area contributed by atoms with E-state index in [1.54, 1.807) is 31.2 Å². The van der Waals surface area contributed by atoms with E-state index in [-0.39, 0.29) is 5.91 Å². The molecule has 25 heavy (non-hydrogen) atoms. The molecule has 0 bridgehead atoms. The molecular weight excluding hydrogens is 318 g/mol. The maximum absolute atomic E-state index is 12.2. The van der Waals surface area contributed by atoms with E-state index >= 15 is 0 Å². The van der Waals surface area contributed by atoms with Crippen LogP contribution in [0.2, 0.25) is 0 Å². The Kier molecular flexibility index (Phi) is 7.73. The first kappa shape index (κ1) is 19.2. The van der Waals surface area contributed by atoms with Crippen LogP contribution in [0.5, 0.6) is 0 Å². The fourth-order valence-electron chi connectivity index (χ4n) is 2.92. The first-order valence-corrected chi connectivity index (χ1v) is 9.13. The van der Waals surface area contributed by atoms with Crippen LogP contribution >= 0.6 is 0 Å². The van der Waals surface area contributed by atoms with E-state index in [1.807, 2.05) is 0 Å². The number of rotatable bonds is 7. The van der Waals surface area contributed by atoms with Crippen molar-refractivity contribution in [2.75, 3.05) is 38.1 Å². The van der Waals surface area contributed by atoms with Gasteiger partial charge >= 0.3 is 6.09 Å². The van der Waals surface area contributed by atoms with E-state index in [0.717, 1.165) is 32.0 Å². The van der Waals surface area contributed by atoms with Gasteiger partial charge in [-0.1, -0.05) is 13.0 Å². The molecule has 0 saturated carbocycles. The normalized spacial score (nSPS) is 15.6. The summed E-state index contributed by atoms with van der Waals surface area (Å²) in [5.41, 5.74) is 1.08. The standard InChI is InChI=1S/C19H29N3O3/c1-3-25-19(24)21-17-7-4-6-16(14-17)18(23)20-10-5-11-22-12-8-15(2)9-13-22/h4,6-7,14-15H,3,5,8-13H2,1-2H3,(H,20,23)(H,21,24). The molecule has 1 aliphatic rings. The SMILES string of the molecule is CCOC(=O)Nc1cccc(C(=O)NCCCN2CCC(C)CC2)c1. The summed E-state index contributed by atoms with van der Waals surface area (Å²) >= 11 is 0. The summed E-state index contributed by atoms with van der Waals surface area (Å²) in [6, 6.07) is 6.85. The van der Waals surface area contributed by atoms with Crippen LogP contribution in [0.3, 0.4) is 0 Å². The average molecular weight is 347 g/mol. The minimum atomic E-state index is -0.518. The van der Waals surface area contributed by atoms with Crippen molar-refractivity contribution >= 4 is 17.7 Å². The number of ether oxygens (including phenoxy) is 1. The van der Waals surface area contributed by atoms with Gasteiger partial charge in [-0.05, 0) is 69.9 Å². The number of benzene rings is 1. The van der Waals surface area contributed by atoms with Crippen LogP contribution in [-0.2, 0) is 4.74 Å². The van der Waals surface area contributed by atoms with Gasteiger partial charge in [0.2, 0.25) is 0 Å². The predicted molar refractivity (Wildman–Crippen MR) is 98.9 cm³/mol. The van der Waals surface area contributed by atoms with Gasteiger partial charge in [0.15, 0.2) is 0 Å². The van der Waals surface area contributed by atoms with Crippen molar-refractivity contribution in [3.63, 3.8) is 0 Å². The molecule has 1 aliphatic heterocycles. The number of nitrogens with one attached hydrogen (secondary N) is 2. The molecule has 1 fully saturated rings. The maximum atomic E-state index is 12.2. The molecule has 0 atom stereocenters. The van der Waals surface area contributed by atoms with Gasteiger partial charge in [-0.3, -0.25) is 10.1 Å². The second kappa shape index (κ2) is 10.0. The first-order valence-electron chi connectivity index (χ1n) is 9.13. The number of piperidine rings is 1. The van der Waals surface area contributed by atoms with Crippen LogP contribution < -0.4 is 10.6 Å². The minimum Gasteiger partial charge on any atom is -0.450 e. The highest BCUT2D eigenvalue weighted by Crippen LogP contribution is 2.15. The quantitative estimate of drug-likeness (QED) is 0.744. The zero-order valence-electron chi connectivity index (χ0n) is 15.2. The third kappa shape index (κ3) is 6.74. The van der Waals surface area contributed by atoms with Gasteiger partial charge in [-0.2, -0.15) is 0 Å². The van der Waals surface area contributed by atoms with Crippen molar-refractivity contribution in [2.45, 2.75) is 33.1 Å². The van der Waals surface area contributed by atoms with Gasteiger partial charge in [0.05, 0.1) is 6.61 Å². The Labute approximate surface area is 149 Å². The largest absolute Gasteiger partial charge is 0.450 e. The maximum Gasteiger partial charge on any atom is 0.411 e. The summed E-state index contributed by atoms with van der Waals surface area (Å²) in [7, 11) is 0. The Morgan fingerprint density at radius 3 is 2.76 bits per heavy atom. The van der Waals surface area contributed by atoms with E-state index in [1.165, 1.54) is 12.8 Å². The summed E-state index contributed by atoms with van der Waals surface area (Å²) in [5, 5.41) is 5.55. The Bertz CT molecular complexity index is 569. The second-order valence-corrected chi connectivity index (χ2v) is 6.56. The molecular formula is C19H29N3O3.